The average molecular weight is 263 g/mol. The van der Waals surface area contributed by atoms with Gasteiger partial charge in [0.2, 0.25) is 0 Å². The molecule has 0 saturated carbocycles. The molecule has 0 aliphatic carbocycles. The van der Waals surface area contributed by atoms with Gasteiger partial charge in [-0.3, -0.25) is 4.68 Å². The zero-order chi connectivity index (χ0) is 13.9. The second-order valence-corrected chi connectivity index (χ2v) is 5.61. The summed E-state index contributed by atoms with van der Waals surface area (Å²) in [6.45, 7) is 7.52. The number of nitrogens with zero attached hydrogens (tertiary/aromatic N) is 2. The zero-order valence-electron chi connectivity index (χ0n) is 11.9. The first-order chi connectivity index (χ1) is 8.92. The lowest BCUT2D eigenvalue weighted by atomic mass is 10.1. The molecule has 0 radical (unpaired) electrons. The quantitative estimate of drug-likeness (QED) is 0.900. The van der Waals surface area contributed by atoms with Gasteiger partial charge in [0.15, 0.2) is 5.75 Å². The highest BCUT2D eigenvalue weighted by atomic mass is 16.5. The monoisotopic (exact) mass is 263 g/mol. The van der Waals surface area contributed by atoms with Crippen LogP contribution in [-0.4, -0.2) is 15.3 Å². The van der Waals surface area contributed by atoms with E-state index in [-0.39, 0.29) is 5.54 Å². The number of rotatable bonds is 5. The number of nitrogens with one attached hydrogen (secondary N) is 1. The van der Waals surface area contributed by atoms with Gasteiger partial charge in [0.25, 0.3) is 0 Å². The standard InChI is InChI=1S/C14H21N3O2/c1-14(2,3)15-7-11-5-6-12(19-11)10-18-13-8-16-17(4)9-13/h5-6,8-9,15H,7,10H2,1-4H3. The molecule has 0 spiro atoms. The molecule has 2 aromatic rings. The van der Waals surface area contributed by atoms with Crippen LogP contribution in [0.2, 0.25) is 0 Å². The Morgan fingerprint density at radius 1 is 1.32 bits per heavy atom. The van der Waals surface area contributed by atoms with Crippen LogP contribution in [0.3, 0.4) is 0 Å². The molecule has 0 bridgehead atoms. The molecule has 2 rings (SSSR count). The van der Waals surface area contributed by atoms with Crippen molar-refractivity contribution in [2.75, 3.05) is 0 Å². The van der Waals surface area contributed by atoms with Crippen molar-refractivity contribution in [3.8, 4) is 5.75 Å². The lowest BCUT2D eigenvalue weighted by molar-refractivity contribution is 0.263. The average Bonchev–Trinajstić information content (AvgIpc) is 2.92. The summed E-state index contributed by atoms with van der Waals surface area (Å²) < 4.78 is 13.0. The van der Waals surface area contributed by atoms with Crippen molar-refractivity contribution in [3.63, 3.8) is 0 Å². The smallest absolute Gasteiger partial charge is 0.157 e. The van der Waals surface area contributed by atoms with E-state index in [1.165, 1.54) is 0 Å². The van der Waals surface area contributed by atoms with Crippen LogP contribution in [0.5, 0.6) is 5.75 Å². The molecule has 0 atom stereocenters. The number of hydrogen-bond acceptors (Lipinski definition) is 4. The maximum absolute atomic E-state index is 5.69. The molecule has 5 heteroatoms. The summed E-state index contributed by atoms with van der Waals surface area (Å²) in [5.74, 6) is 2.47. The lowest BCUT2D eigenvalue weighted by Gasteiger charge is -2.19. The zero-order valence-corrected chi connectivity index (χ0v) is 11.9. The highest BCUT2D eigenvalue weighted by molar-refractivity contribution is 5.13. The van der Waals surface area contributed by atoms with E-state index in [2.05, 4.69) is 31.2 Å². The van der Waals surface area contributed by atoms with Crippen LogP contribution >= 0.6 is 0 Å². The molecule has 0 aliphatic heterocycles. The summed E-state index contributed by atoms with van der Waals surface area (Å²) in [4.78, 5) is 0. The highest BCUT2D eigenvalue weighted by Gasteiger charge is 2.10. The van der Waals surface area contributed by atoms with Crippen LogP contribution in [0.25, 0.3) is 0 Å². The van der Waals surface area contributed by atoms with Crippen molar-refractivity contribution in [3.05, 3.63) is 36.0 Å². The van der Waals surface area contributed by atoms with Crippen LogP contribution in [0.4, 0.5) is 0 Å². The van der Waals surface area contributed by atoms with Crippen LogP contribution in [0, 0.1) is 0 Å². The summed E-state index contributed by atoms with van der Waals surface area (Å²) in [6.07, 6.45) is 3.51. The third kappa shape index (κ3) is 4.44. The van der Waals surface area contributed by atoms with Gasteiger partial charge >= 0.3 is 0 Å². The molecule has 2 heterocycles. The van der Waals surface area contributed by atoms with Gasteiger partial charge < -0.3 is 14.5 Å². The maximum atomic E-state index is 5.69. The second kappa shape index (κ2) is 5.48. The first-order valence-electron chi connectivity index (χ1n) is 6.36. The second-order valence-electron chi connectivity index (χ2n) is 5.61. The molecule has 0 aromatic carbocycles. The van der Waals surface area contributed by atoms with Crippen LogP contribution < -0.4 is 10.1 Å². The number of ether oxygens (including phenoxy) is 1. The number of aromatic nitrogens is 2. The van der Waals surface area contributed by atoms with Crippen molar-refractivity contribution in [1.82, 2.24) is 15.1 Å². The largest absolute Gasteiger partial charge is 0.482 e. The summed E-state index contributed by atoms with van der Waals surface area (Å²) in [6, 6.07) is 3.91. The molecule has 104 valence electrons. The van der Waals surface area contributed by atoms with Crippen molar-refractivity contribution < 1.29 is 9.15 Å². The topological polar surface area (TPSA) is 52.2 Å². The van der Waals surface area contributed by atoms with E-state index in [0.717, 1.165) is 23.8 Å². The van der Waals surface area contributed by atoms with Crippen LogP contribution in [0.1, 0.15) is 32.3 Å². The molecule has 0 amide bonds. The van der Waals surface area contributed by atoms with Gasteiger partial charge in [-0.2, -0.15) is 5.10 Å². The van der Waals surface area contributed by atoms with E-state index in [9.17, 15) is 0 Å². The first kappa shape index (κ1) is 13.7. The van der Waals surface area contributed by atoms with E-state index in [1.807, 2.05) is 25.4 Å². The minimum Gasteiger partial charge on any atom is -0.482 e. The minimum absolute atomic E-state index is 0.0825. The Morgan fingerprint density at radius 2 is 2.05 bits per heavy atom. The number of hydrogen-bond donors (Lipinski definition) is 1. The molecular formula is C14H21N3O2. The fraction of sp³-hybridized carbons (Fsp3) is 0.500. The predicted octanol–water partition coefficient (Wildman–Crippen LogP) is 2.48. The third-order valence-electron chi connectivity index (χ3n) is 2.57. The van der Waals surface area contributed by atoms with Gasteiger partial charge in [0, 0.05) is 12.6 Å². The van der Waals surface area contributed by atoms with Crippen molar-refractivity contribution >= 4 is 0 Å². The van der Waals surface area contributed by atoms with Gasteiger partial charge in [-0.1, -0.05) is 0 Å². The van der Waals surface area contributed by atoms with Crippen molar-refractivity contribution in [2.24, 2.45) is 7.05 Å². The van der Waals surface area contributed by atoms with Crippen molar-refractivity contribution in [2.45, 2.75) is 39.5 Å². The van der Waals surface area contributed by atoms with Gasteiger partial charge in [-0.05, 0) is 32.9 Å². The van der Waals surface area contributed by atoms with Gasteiger partial charge in [-0.15, -0.1) is 0 Å². The van der Waals surface area contributed by atoms with E-state index in [1.54, 1.807) is 10.9 Å². The lowest BCUT2D eigenvalue weighted by Crippen LogP contribution is -2.34. The van der Waals surface area contributed by atoms with E-state index < -0.39 is 0 Å². The Morgan fingerprint density at radius 3 is 2.68 bits per heavy atom. The first-order valence-corrected chi connectivity index (χ1v) is 6.36. The number of furan rings is 1. The molecule has 2 aromatic heterocycles. The van der Waals surface area contributed by atoms with Crippen LogP contribution in [-0.2, 0) is 20.2 Å². The molecule has 5 nitrogen and oxygen atoms in total. The third-order valence-corrected chi connectivity index (χ3v) is 2.57. The van der Waals surface area contributed by atoms with Crippen molar-refractivity contribution in [1.29, 1.82) is 0 Å². The van der Waals surface area contributed by atoms with Gasteiger partial charge in [0.05, 0.1) is 18.9 Å². The molecular weight excluding hydrogens is 242 g/mol. The Bertz CT molecular complexity index is 523. The summed E-state index contributed by atoms with van der Waals surface area (Å²) >= 11 is 0. The highest BCUT2D eigenvalue weighted by Crippen LogP contribution is 2.14. The Hall–Kier alpha value is -1.75. The molecule has 1 N–H and O–H groups in total. The number of aryl methyl sites for hydroxylation is 1. The summed E-state index contributed by atoms with van der Waals surface area (Å²) in [5.41, 5.74) is 0.0825. The van der Waals surface area contributed by atoms with E-state index in [0.29, 0.717) is 6.61 Å². The SMILES string of the molecule is Cn1cc(OCc2ccc(CNC(C)(C)C)o2)cn1. The molecule has 19 heavy (non-hydrogen) atoms. The predicted molar refractivity (Wildman–Crippen MR) is 72.8 cm³/mol. The van der Waals surface area contributed by atoms with Gasteiger partial charge in [0.1, 0.15) is 18.1 Å². The van der Waals surface area contributed by atoms with Gasteiger partial charge in [-0.25, -0.2) is 0 Å². The fourth-order valence-corrected chi connectivity index (χ4v) is 1.57. The molecule has 0 fully saturated rings. The Balaban J connectivity index is 1.84. The summed E-state index contributed by atoms with van der Waals surface area (Å²) in [7, 11) is 1.86. The molecule has 0 aliphatic rings. The minimum atomic E-state index is 0.0825. The molecule has 0 unspecified atom stereocenters. The Labute approximate surface area is 113 Å². The van der Waals surface area contributed by atoms with E-state index >= 15 is 0 Å². The maximum Gasteiger partial charge on any atom is 0.157 e. The molecule has 0 saturated heterocycles. The van der Waals surface area contributed by atoms with E-state index in [4.69, 9.17) is 9.15 Å². The van der Waals surface area contributed by atoms with Crippen LogP contribution in [0.15, 0.2) is 28.9 Å². The fourth-order valence-electron chi connectivity index (χ4n) is 1.57. The normalized spacial score (nSPS) is 11.8. The summed E-state index contributed by atoms with van der Waals surface area (Å²) in [5, 5.41) is 7.42. The Kier molecular flexibility index (Phi) is 3.95.